The number of rotatable bonds is 5. The van der Waals surface area contributed by atoms with E-state index in [1.165, 1.54) is 12.1 Å². The maximum atomic E-state index is 13.3. The summed E-state index contributed by atoms with van der Waals surface area (Å²) in [4.78, 5) is 17.0. The highest BCUT2D eigenvalue weighted by Gasteiger charge is 2.40. The predicted octanol–water partition coefficient (Wildman–Crippen LogP) is 6.24. The van der Waals surface area contributed by atoms with Crippen molar-refractivity contribution in [2.45, 2.75) is 37.4 Å². The monoisotopic (exact) mass is 560 g/mol. The summed E-state index contributed by atoms with van der Waals surface area (Å²) in [6.45, 7) is 1.91. The van der Waals surface area contributed by atoms with E-state index in [1.807, 2.05) is 25.2 Å². The Labute approximate surface area is 197 Å². The number of amides is 1. The van der Waals surface area contributed by atoms with Crippen LogP contribution >= 0.6 is 31.9 Å². The Hall–Kier alpha value is -1.38. The lowest BCUT2D eigenvalue weighted by Crippen LogP contribution is -2.44. The van der Waals surface area contributed by atoms with E-state index in [0.717, 1.165) is 33.7 Å². The molecule has 0 saturated carbocycles. The van der Waals surface area contributed by atoms with E-state index in [9.17, 15) is 18.0 Å². The molecule has 0 radical (unpaired) electrons. The predicted molar refractivity (Wildman–Crippen MR) is 123 cm³/mol. The van der Waals surface area contributed by atoms with Crippen molar-refractivity contribution in [3.05, 3.63) is 68.1 Å². The molecule has 0 aromatic heterocycles. The summed E-state index contributed by atoms with van der Waals surface area (Å²) in [7, 11) is 3.74. The van der Waals surface area contributed by atoms with Gasteiger partial charge in [0.1, 0.15) is 0 Å². The first-order chi connectivity index (χ1) is 14.5. The Bertz CT molecular complexity index is 920. The molecule has 168 valence electrons. The topological polar surface area (TPSA) is 23.6 Å². The zero-order chi connectivity index (χ0) is 22.8. The van der Waals surface area contributed by atoms with Crippen LogP contribution in [0.1, 0.15) is 36.0 Å². The largest absolute Gasteiger partial charge is 0.416 e. The van der Waals surface area contributed by atoms with Crippen molar-refractivity contribution in [3.63, 3.8) is 0 Å². The Morgan fingerprint density at radius 1 is 1.10 bits per heavy atom. The van der Waals surface area contributed by atoms with Gasteiger partial charge in [0.25, 0.3) is 0 Å². The molecule has 0 atom stereocenters. The van der Waals surface area contributed by atoms with Gasteiger partial charge >= 0.3 is 6.18 Å². The molecule has 2 aromatic rings. The van der Waals surface area contributed by atoms with Gasteiger partial charge in [-0.3, -0.25) is 4.79 Å². The number of carbonyl (C=O) groups excluding carboxylic acids is 1. The van der Waals surface area contributed by atoms with Crippen LogP contribution in [-0.4, -0.2) is 42.9 Å². The molecule has 1 fully saturated rings. The van der Waals surface area contributed by atoms with E-state index in [-0.39, 0.29) is 12.3 Å². The van der Waals surface area contributed by atoms with Gasteiger partial charge in [0.15, 0.2) is 0 Å². The summed E-state index contributed by atoms with van der Waals surface area (Å²) in [5.74, 6) is -0.0712. The minimum atomic E-state index is -4.41. The molecule has 1 saturated heterocycles. The van der Waals surface area contributed by atoms with Gasteiger partial charge in [-0.2, -0.15) is 13.2 Å². The third-order valence-electron chi connectivity index (χ3n) is 6.00. The first-order valence-electron chi connectivity index (χ1n) is 10.0. The van der Waals surface area contributed by atoms with Gasteiger partial charge in [-0.05, 0) is 68.4 Å². The molecule has 3 nitrogen and oxygen atoms in total. The summed E-state index contributed by atoms with van der Waals surface area (Å²) in [5.41, 5.74) is 0.302. The van der Waals surface area contributed by atoms with Crippen LogP contribution in [0.5, 0.6) is 0 Å². The normalized spacial score (nSPS) is 16.9. The highest BCUT2D eigenvalue weighted by atomic mass is 79.9. The molecule has 0 unspecified atom stereocenters. The van der Waals surface area contributed by atoms with Gasteiger partial charge in [0.05, 0.1) is 5.56 Å². The number of likely N-dealkylation sites (tertiary alicyclic amines) is 1. The lowest BCUT2D eigenvalue weighted by molar-refractivity contribution is -0.137. The molecule has 3 rings (SSSR count). The number of hydrogen-bond donors (Lipinski definition) is 0. The third kappa shape index (κ3) is 6.11. The van der Waals surface area contributed by atoms with Gasteiger partial charge in [-0.25, -0.2) is 0 Å². The summed E-state index contributed by atoms with van der Waals surface area (Å²) in [6, 6.07) is 11.3. The minimum Gasteiger partial charge on any atom is -0.341 e. The standard InChI is InChI=1S/C23H25Br2F3N2O/c1-29-8-6-22(7-9-29,17-4-3-5-18(12-17)23(26,27)28)14-21(31)30(2)15-16-10-19(24)13-20(25)11-16/h3-5,10-13H,6-9,14-15H2,1-2H3. The highest BCUT2D eigenvalue weighted by Crippen LogP contribution is 2.41. The molecule has 31 heavy (non-hydrogen) atoms. The van der Waals surface area contributed by atoms with Crippen molar-refractivity contribution in [2.75, 3.05) is 27.2 Å². The molecule has 0 N–H and O–H groups in total. The number of carbonyl (C=O) groups is 1. The van der Waals surface area contributed by atoms with Gasteiger partial charge in [0, 0.05) is 34.4 Å². The Morgan fingerprint density at radius 2 is 1.71 bits per heavy atom. The van der Waals surface area contributed by atoms with Crippen molar-refractivity contribution in [1.82, 2.24) is 9.80 Å². The van der Waals surface area contributed by atoms with Gasteiger partial charge in [0.2, 0.25) is 5.91 Å². The number of hydrogen-bond acceptors (Lipinski definition) is 2. The molecule has 1 aliphatic rings. The second-order valence-corrected chi connectivity index (χ2v) is 10.2. The van der Waals surface area contributed by atoms with Crippen molar-refractivity contribution in [3.8, 4) is 0 Å². The van der Waals surface area contributed by atoms with Crippen LogP contribution in [0.4, 0.5) is 13.2 Å². The van der Waals surface area contributed by atoms with E-state index in [1.54, 1.807) is 18.0 Å². The van der Waals surface area contributed by atoms with Crippen molar-refractivity contribution < 1.29 is 18.0 Å². The number of nitrogens with zero attached hydrogens (tertiary/aromatic N) is 2. The van der Waals surface area contributed by atoms with Gasteiger partial charge in [-0.15, -0.1) is 0 Å². The molecule has 0 aliphatic carbocycles. The lowest BCUT2D eigenvalue weighted by Gasteiger charge is -2.41. The summed E-state index contributed by atoms with van der Waals surface area (Å²) >= 11 is 6.91. The fourth-order valence-corrected chi connectivity index (χ4v) is 5.52. The number of halogens is 5. The van der Waals surface area contributed by atoms with Crippen LogP contribution in [0, 0.1) is 0 Å². The van der Waals surface area contributed by atoms with Gasteiger partial charge < -0.3 is 9.80 Å². The Balaban J connectivity index is 1.85. The molecule has 0 bridgehead atoms. The Morgan fingerprint density at radius 3 is 2.29 bits per heavy atom. The number of benzene rings is 2. The average molecular weight is 562 g/mol. The van der Waals surface area contributed by atoms with Crippen LogP contribution in [0.15, 0.2) is 51.4 Å². The van der Waals surface area contributed by atoms with E-state index >= 15 is 0 Å². The summed E-state index contributed by atoms with van der Waals surface area (Å²) < 4.78 is 41.8. The fourth-order valence-electron chi connectivity index (χ4n) is 4.13. The van der Waals surface area contributed by atoms with Gasteiger partial charge in [-0.1, -0.05) is 50.1 Å². The van der Waals surface area contributed by atoms with E-state index in [4.69, 9.17) is 0 Å². The van der Waals surface area contributed by atoms with Crippen molar-refractivity contribution in [2.24, 2.45) is 0 Å². The second kappa shape index (κ2) is 9.63. The third-order valence-corrected chi connectivity index (χ3v) is 6.92. The fraction of sp³-hybridized carbons (Fsp3) is 0.435. The molecular weight excluding hydrogens is 537 g/mol. The number of piperidine rings is 1. The van der Waals surface area contributed by atoms with E-state index < -0.39 is 17.2 Å². The quantitative estimate of drug-likeness (QED) is 0.431. The maximum absolute atomic E-state index is 13.3. The number of alkyl halides is 3. The Kier molecular flexibility index (Phi) is 7.54. The van der Waals surface area contributed by atoms with E-state index in [0.29, 0.717) is 24.9 Å². The van der Waals surface area contributed by atoms with Crippen LogP contribution < -0.4 is 0 Å². The highest BCUT2D eigenvalue weighted by molar-refractivity contribution is 9.11. The van der Waals surface area contributed by atoms with Crippen LogP contribution in [0.25, 0.3) is 0 Å². The molecule has 1 amide bonds. The molecule has 0 spiro atoms. The molecule has 8 heteroatoms. The molecular formula is C23H25Br2F3N2O. The lowest BCUT2D eigenvalue weighted by atomic mass is 9.70. The van der Waals surface area contributed by atoms with Crippen molar-refractivity contribution >= 4 is 37.8 Å². The smallest absolute Gasteiger partial charge is 0.341 e. The second-order valence-electron chi connectivity index (χ2n) is 8.37. The van der Waals surface area contributed by atoms with Crippen molar-refractivity contribution in [1.29, 1.82) is 0 Å². The molecule has 1 aliphatic heterocycles. The first kappa shape index (κ1) is 24.3. The van der Waals surface area contributed by atoms with E-state index in [2.05, 4.69) is 36.8 Å². The summed E-state index contributed by atoms with van der Waals surface area (Å²) in [5, 5.41) is 0. The zero-order valence-corrected chi connectivity index (χ0v) is 20.6. The first-order valence-corrected chi connectivity index (χ1v) is 11.6. The minimum absolute atomic E-state index is 0.0712. The van der Waals surface area contributed by atoms with Crippen LogP contribution in [-0.2, 0) is 22.9 Å². The average Bonchev–Trinajstić information content (AvgIpc) is 2.68. The molecule has 2 aromatic carbocycles. The summed E-state index contributed by atoms with van der Waals surface area (Å²) in [6.07, 6.45) is -2.93. The SMILES string of the molecule is CN1CCC(CC(=O)N(C)Cc2cc(Br)cc(Br)c2)(c2cccc(C(F)(F)F)c2)CC1. The van der Waals surface area contributed by atoms with Crippen LogP contribution in [0.2, 0.25) is 0 Å². The van der Waals surface area contributed by atoms with Crippen LogP contribution in [0.3, 0.4) is 0 Å². The zero-order valence-electron chi connectivity index (χ0n) is 17.5. The maximum Gasteiger partial charge on any atom is 0.416 e. The molecule has 1 heterocycles.